The predicted molar refractivity (Wildman–Crippen MR) is 65.8 cm³/mol. The van der Waals surface area contributed by atoms with Gasteiger partial charge in [-0.15, -0.1) is 0 Å². The average Bonchev–Trinajstić information content (AvgIpc) is 2.30. The van der Waals surface area contributed by atoms with Crippen LogP contribution in [0.1, 0.15) is 6.42 Å². The summed E-state index contributed by atoms with van der Waals surface area (Å²) >= 11 is 0. The van der Waals surface area contributed by atoms with Crippen LogP contribution >= 0.6 is 0 Å². The van der Waals surface area contributed by atoms with Crippen molar-refractivity contribution in [1.82, 2.24) is 0 Å². The van der Waals surface area contributed by atoms with E-state index in [9.17, 15) is 8.42 Å². The lowest BCUT2D eigenvalue weighted by molar-refractivity contribution is 0.0284. The summed E-state index contributed by atoms with van der Waals surface area (Å²) in [6, 6.07) is 0. The summed E-state index contributed by atoms with van der Waals surface area (Å²) in [7, 11) is -1.41. The maximum absolute atomic E-state index is 11.4. The molecule has 0 saturated heterocycles. The first-order valence-electron chi connectivity index (χ1n) is 5.67. The van der Waals surface area contributed by atoms with Crippen LogP contribution in [0.3, 0.4) is 0 Å². The Kier molecular flexibility index (Phi) is 10.8. The zero-order valence-electron chi connectivity index (χ0n) is 10.4. The second-order valence-electron chi connectivity index (χ2n) is 3.51. The van der Waals surface area contributed by atoms with Gasteiger partial charge in [0.1, 0.15) is 0 Å². The van der Waals surface area contributed by atoms with Crippen molar-refractivity contribution in [1.29, 1.82) is 0 Å². The highest BCUT2D eigenvalue weighted by atomic mass is 32.2. The molecule has 17 heavy (non-hydrogen) atoms. The number of rotatable bonds is 12. The molecular weight excluding hydrogens is 246 g/mol. The van der Waals surface area contributed by atoms with Gasteiger partial charge < -0.3 is 19.9 Å². The second-order valence-corrected chi connectivity index (χ2v) is 5.82. The first-order chi connectivity index (χ1) is 8.12. The van der Waals surface area contributed by atoms with Gasteiger partial charge in [0.15, 0.2) is 9.84 Å². The highest BCUT2D eigenvalue weighted by Gasteiger charge is 2.09. The van der Waals surface area contributed by atoms with E-state index < -0.39 is 9.84 Å². The molecule has 7 heteroatoms. The minimum Gasteiger partial charge on any atom is -0.382 e. The van der Waals surface area contributed by atoms with Crippen molar-refractivity contribution in [2.75, 3.05) is 58.2 Å². The monoisotopic (exact) mass is 269 g/mol. The van der Waals surface area contributed by atoms with E-state index in [0.717, 1.165) is 0 Å². The Morgan fingerprint density at radius 3 is 2.12 bits per heavy atom. The van der Waals surface area contributed by atoms with Crippen molar-refractivity contribution in [3.63, 3.8) is 0 Å². The van der Waals surface area contributed by atoms with E-state index in [-0.39, 0.29) is 18.1 Å². The van der Waals surface area contributed by atoms with E-state index >= 15 is 0 Å². The fourth-order valence-electron chi connectivity index (χ4n) is 1.06. The standard InChI is InChI=1S/C10H23NO5S/c1-14-4-5-15-6-7-16-8-10-17(12,13)9-2-3-11/h2-11H2,1H3. The number of methoxy groups -OCH3 is 1. The molecule has 0 aromatic carbocycles. The van der Waals surface area contributed by atoms with Crippen LogP contribution in [0.5, 0.6) is 0 Å². The first-order valence-corrected chi connectivity index (χ1v) is 7.49. The van der Waals surface area contributed by atoms with Crippen LogP contribution in [0.2, 0.25) is 0 Å². The van der Waals surface area contributed by atoms with Crippen LogP contribution in [0, 0.1) is 0 Å². The summed E-state index contributed by atoms with van der Waals surface area (Å²) in [5.74, 6) is 0.183. The van der Waals surface area contributed by atoms with E-state index in [1.165, 1.54) is 0 Å². The number of sulfone groups is 1. The fraction of sp³-hybridized carbons (Fsp3) is 1.00. The van der Waals surface area contributed by atoms with Crippen LogP contribution in [-0.2, 0) is 24.0 Å². The van der Waals surface area contributed by atoms with Crippen molar-refractivity contribution in [2.45, 2.75) is 6.42 Å². The summed E-state index contributed by atoms with van der Waals surface area (Å²) in [6.07, 6.45) is 0.502. The molecule has 0 aliphatic carbocycles. The molecule has 0 unspecified atom stereocenters. The van der Waals surface area contributed by atoms with Gasteiger partial charge in [0, 0.05) is 7.11 Å². The van der Waals surface area contributed by atoms with Crippen molar-refractivity contribution < 1.29 is 22.6 Å². The normalized spacial score (nSPS) is 11.9. The van der Waals surface area contributed by atoms with Crippen LogP contribution in [0.15, 0.2) is 0 Å². The predicted octanol–water partition coefficient (Wildman–Crippen LogP) is -0.570. The Hall–Kier alpha value is -0.210. The van der Waals surface area contributed by atoms with E-state index in [2.05, 4.69) is 0 Å². The largest absolute Gasteiger partial charge is 0.382 e. The summed E-state index contributed by atoms with van der Waals surface area (Å²) < 4.78 is 37.9. The molecule has 0 aromatic heterocycles. The molecule has 0 heterocycles. The third-order valence-electron chi connectivity index (χ3n) is 2.00. The summed E-state index contributed by atoms with van der Waals surface area (Å²) in [5, 5.41) is 0. The smallest absolute Gasteiger partial charge is 0.152 e. The Morgan fingerprint density at radius 1 is 0.941 bits per heavy atom. The van der Waals surface area contributed by atoms with Gasteiger partial charge in [-0.25, -0.2) is 8.42 Å². The zero-order valence-corrected chi connectivity index (χ0v) is 11.2. The molecule has 0 aliphatic rings. The molecule has 0 rings (SSSR count). The minimum atomic E-state index is -3.01. The summed E-state index contributed by atoms with van der Waals surface area (Å²) in [5.41, 5.74) is 5.25. The van der Waals surface area contributed by atoms with E-state index in [4.69, 9.17) is 19.9 Å². The number of nitrogens with two attached hydrogens (primary N) is 1. The Bertz CT molecular complexity index is 255. The average molecular weight is 269 g/mol. The molecule has 0 atom stereocenters. The van der Waals surface area contributed by atoms with Crippen molar-refractivity contribution >= 4 is 9.84 Å². The lowest BCUT2D eigenvalue weighted by atomic mass is 10.5. The number of ether oxygens (including phenoxy) is 3. The van der Waals surface area contributed by atoms with Gasteiger partial charge in [-0.3, -0.25) is 0 Å². The summed E-state index contributed by atoms with van der Waals surface area (Å²) in [6.45, 7) is 2.53. The molecule has 104 valence electrons. The van der Waals surface area contributed by atoms with E-state index in [1.54, 1.807) is 7.11 Å². The van der Waals surface area contributed by atoms with Crippen LogP contribution in [0.25, 0.3) is 0 Å². The molecule has 6 nitrogen and oxygen atoms in total. The summed E-state index contributed by atoms with van der Waals surface area (Å²) in [4.78, 5) is 0. The van der Waals surface area contributed by atoms with Crippen LogP contribution in [0.4, 0.5) is 0 Å². The molecular formula is C10H23NO5S. The highest BCUT2D eigenvalue weighted by Crippen LogP contribution is 1.93. The zero-order chi connectivity index (χ0) is 13.0. The van der Waals surface area contributed by atoms with E-state index in [1.807, 2.05) is 0 Å². The van der Waals surface area contributed by atoms with Crippen molar-refractivity contribution in [2.24, 2.45) is 5.73 Å². The van der Waals surface area contributed by atoms with Crippen molar-refractivity contribution in [3.8, 4) is 0 Å². The molecule has 0 saturated carbocycles. The first kappa shape index (κ1) is 16.8. The van der Waals surface area contributed by atoms with Gasteiger partial charge in [-0.1, -0.05) is 0 Å². The van der Waals surface area contributed by atoms with Gasteiger partial charge in [0.25, 0.3) is 0 Å². The topological polar surface area (TPSA) is 87.9 Å². The van der Waals surface area contributed by atoms with E-state index in [0.29, 0.717) is 39.4 Å². The van der Waals surface area contributed by atoms with Gasteiger partial charge in [-0.05, 0) is 13.0 Å². The fourth-order valence-corrected chi connectivity index (χ4v) is 2.24. The maximum Gasteiger partial charge on any atom is 0.152 e. The number of hydrogen-bond donors (Lipinski definition) is 1. The van der Waals surface area contributed by atoms with Crippen LogP contribution < -0.4 is 5.73 Å². The third kappa shape index (κ3) is 12.0. The molecule has 0 aliphatic heterocycles. The minimum absolute atomic E-state index is 0.0467. The van der Waals surface area contributed by atoms with Gasteiger partial charge in [0.2, 0.25) is 0 Å². The lowest BCUT2D eigenvalue weighted by Gasteiger charge is -2.06. The van der Waals surface area contributed by atoms with Crippen molar-refractivity contribution in [3.05, 3.63) is 0 Å². The Morgan fingerprint density at radius 2 is 1.53 bits per heavy atom. The lowest BCUT2D eigenvalue weighted by Crippen LogP contribution is -2.19. The molecule has 0 amide bonds. The van der Waals surface area contributed by atoms with Gasteiger partial charge >= 0.3 is 0 Å². The Balaban J connectivity index is 3.32. The van der Waals surface area contributed by atoms with Crippen LogP contribution in [-0.4, -0.2) is 66.6 Å². The Labute approximate surface area is 103 Å². The quantitative estimate of drug-likeness (QED) is 0.477. The second kappa shape index (κ2) is 10.9. The molecule has 0 spiro atoms. The number of hydrogen-bond acceptors (Lipinski definition) is 6. The van der Waals surface area contributed by atoms with Gasteiger partial charge in [0.05, 0.1) is 44.5 Å². The molecule has 2 N–H and O–H groups in total. The third-order valence-corrected chi connectivity index (χ3v) is 3.70. The molecule has 0 fully saturated rings. The van der Waals surface area contributed by atoms with Gasteiger partial charge in [-0.2, -0.15) is 0 Å². The SMILES string of the molecule is COCCOCCOCCS(=O)(=O)CCCN. The maximum atomic E-state index is 11.4. The highest BCUT2D eigenvalue weighted by molar-refractivity contribution is 7.91. The molecule has 0 aromatic rings. The molecule has 0 radical (unpaired) electrons. The molecule has 0 bridgehead atoms.